The SMILES string of the molecule is Cc1nc(-c2ccc(Cl)cc2)nc(NCC(=O)N2CC(C)OC(C)C2)c1C. The summed E-state index contributed by atoms with van der Waals surface area (Å²) >= 11 is 5.96. The van der Waals surface area contributed by atoms with Gasteiger partial charge < -0.3 is 15.0 Å². The minimum Gasteiger partial charge on any atom is -0.372 e. The first-order chi connectivity index (χ1) is 12.8. The monoisotopic (exact) mass is 388 g/mol. The third kappa shape index (κ3) is 4.76. The lowest BCUT2D eigenvalue weighted by Gasteiger charge is -2.35. The molecule has 7 heteroatoms. The predicted molar refractivity (Wildman–Crippen MR) is 107 cm³/mol. The molecule has 1 aliphatic heterocycles. The van der Waals surface area contributed by atoms with E-state index in [1.165, 1.54) is 0 Å². The zero-order valence-electron chi connectivity index (χ0n) is 16.1. The maximum Gasteiger partial charge on any atom is 0.242 e. The van der Waals surface area contributed by atoms with Crippen LogP contribution in [0.1, 0.15) is 25.1 Å². The van der Waals surface area contributed by atoms with Gasteiger partial charge in [0.25, 0.3) is 0 Å². The Hall–Kier alpha value is -2.18. The molecule has 2 unspecified atom stereocenters. The molecule has 1 aromatic heterocycles. The number of benzene rings is 1. The van der Waals surface area contributed by atoms with Crippen LogP contribution in [0.2, 0.25) is 5.02 Å². The number of carbonyl (C=O) groups excluding carboxylic acids is 1. The number of carbonyl (C=O) groups is 1. The van der Waals surface area contributed by atoms with E-state index in [2.05, 4.69) is 15.3 Å². The number of nitrogens with one attached hydrogen (secondary N) is 1. The van der Waals surface area contributed by atoms with Crippen molar-refractivity contribution in [3.05, 3.63) is 40.5 Å². The minimum atomic E-state index is 0.0423. The molecule has 1 aliphatic rings. The molecular formula is C20H25ClN4O2. The van der Waals surface area contributed by atoms with Gasteiger partial charge in [-0.15, -0.1) is 0 Å². The molecule has 144 valence electrons. The van der Waals surface area contributed by atoms with Crippen LogP contribution >= 0.6 is 11.6 Å². The second-order valence-electron chi connectivity index (χ2n) is 7.02. The summed E-state index contributed by atoms with van der Waals surface area (Å²) in [6.07, 6.45) is 0.106. The van der Waals surface area contributed by atoms with E-state index in [4.69, 9.17) is 16.3 Å². The molecule has 0 spiro atoms. The van der Waals surface area contributed by atoms with Crippen LogP contribution in [-0.4, -0.2) is 52.6 Å². The number of anilines is 1. The van der Waals surface area contributed by atoms with Gasteiger partial charge in [0.15, 0.2) is 5.82 Å². The van der Waals surface area contributed by atoms with Gasteiger partial charge in [-0.05, 0) is 52.0 Å². The van der Waals surface area contributed by atoms with Crippen LogP contribution in [0.4, 0.5) is 5.82 Å². The average Bonchev–Trinajstić information content (AvgIpc) is 2.62. The number of hydrogen-bond donors (Lipinski definition) is 1. The highest BCUT2D eigenvalue weighted by Crippen LogP contribution is 2.23. The lowest BCUT2D eigenvalue weighted by atomic mass is 10.2. The molecule has 0 saturated carbocycles. The van der Waals surface area contributed by atoms with Crippen molar-refractivity contribution in [1.82, 2.24) is 14.9 Å². The van der Waals surface area contributed by atoms with E-state index in [0.717, 1.165) is 16.8 Å². The third-order valence-electron chi connectivity index (χ3n) is 4.67. The molecule has 27 heavy (non-hydrogen) atoms. The van der Waals surface area contributed by atoms with Crippen LogP contribution in [0, 0.1) is 13.8 Å². The van der Waals surface area contributed by atoms with Crippen molar-refractivity contribution >= 4 is 23.3 Å². The molecule has 2 heterocycles. The van der Waals surface area contributed by atoms with Crippen LogP contribution in [0.25, 0.3) is 11.4 Å². The molecule has 1 fully saturated rings. The minimum absolute atomic E-state index is 0.0423. The first-order valence-corrected chi connectivity index (χ1v) is 9.49. The van der Waals surface area contributed by atoms with E-state index in [9.17, 15) is 4.79 Å². The fourth-order valence-electron chi connectivity index (χ4n) is 3.18. The Morgan fingerprint density at radius 2 is 1.81 bits per heavy atom. The molecule has 1 amide bonds. The first kappa shape index (κ1) is 19.6. The lowest BCUT2D eigenvalue weighted by Crippen LogP contribution is -2.49. The van der Waals surface area contributed by atoms with Gasteiger partial charge in [0, 0.05) is 34.9 Å². The third-order valence-corrected chi connectivity index (χ3v) is 4.92. The van der Waals surface area contributed by atoms with Gasteiger partial charge >= 0.3 is 0 Å². The summed E-state index contributed by atoms with van der Waals surface area (Å²) in [6, 6.07) is 7.40. The molecule has 1 aromatic carbocycles. The van der Waals surface area contributed by atoms with Gasteiger partial charge in [-0.3, -0.25) is 4.79 Å². The molecule has 0 bridgehead atoms. The van der Waals surface area contributed by atoms with Gasteiger partial charge in [0.05, 0.1) is 18.8 Å². The second-order valence-corrected chi connectivity index (χ2v) is 7.46. The molecule has 1 saturated heterocycles. The van der Waals surface area contributed by atoms with Crippen LogP contribution in [0.5, 0.6) is 0 Å². The van der Waals surface area contributed by atoms with Gasteiger partial charge in [0.1, 0.15) is 5.82 Å². The van der Waals surface area contributed by atoms with Gasteiger partial charge in [-0.2, -0.15) is 0 Å². The molecule has 0 aliphatic carbocycles. The van der Waals surface area contributed by atoms with Crippen molar-refractivity contribution in [2.75, 3.05) is 25.0 Å². The normalized spacial score (nSPS) is 19.8. The van der Waals surface area contributed by atoms with Crippen molar-refractivity contribution in [3.63, 3.8) is 0 Å². The highest BCUT2D eigenvalue weighted by atomic mass is 35.5. The number of amides is 1. The van der Waals surface area contributed by atoms with Gasteiger partial charge in [0.2, 0.25) is 5.91 Å². The number of nitrogens with zero attached hydrogens (tertiary/aromatic N) is 3. The smallest absolute Gasteiger partial charge is 0.242 e. The highest BCUT2D eigenvalue weighted by Gasteiger charge is 2.25. The Kier molecular flexibility index (Phi) is 5.97. The number of aromatic nitrogens is 2. The quantitative estimate of drug-likeness (QED) is 0.868. The fourth-order valence-corrected chi connectivity index (χ4v) is 3.31. The standard InChI is InChI=1S/C20H25ClN4O2/c1-12-10-25(11-13(2)27-12)18(26)9-22-19-14(3)15(4)23-20(24-19)16-5-7-17(21)8-6-16/h5-8,12-13H,9-11H2,1-4H3,(H,22,23,24). The van der Waals surface area contributed by atoms with Gasteiger partial charge in [-0.1, -0.05) is 11.6 Å². The molecule has 2 atom stereocenters. The zero-order valence-corrected chi connectivity index (χ0v) is 16.9. The summed E-state index contributed by atoms with van der Waals surface area (Å²) in [5, 5.41) is 3.86. The van der Waals surface area contributed by atoms with E-state index in [-0.39, 0.29) is 24.7 Å². The largest absolute Gasteiger partial charge is 0.372 e. The second kappa shape index (κ2) is 8.23. The van der Waals surface area contributed by atoms with Crippen molar-refractivity contribution in [2.24, 2.45) is 0 Å². The Labute approximate surface area is 164 Å². The van der Waals surface area contributed by atoms with Gasteiger partial charge in [-0.25, -0.2) is 9.97 Å². The van der Waals surface area contributed by atoms with Crippen molar-refractivity contribution in [3.8, 4) is 11.4 Å². The number of hydrogen-bond acceptors (Lipinski definition) is 5. The van der Waals surface area contributed by atoms with Crippen LogP contribution in [-0.2, 0) is 9.53 Å². The van der Waals surface area contributed by atoms with E-state index in [1.807, 2.05) is 56.9 Å². The zero-order chi connectivity index (χ0) is 19.6. The number of morpholine rings is 1. The molecular weight excluding hydrogens is 364 g/mol. The van der Waals surface area contributed by atoms with Crippen molar-refractivity contribution in [2.45, 2.75) is 39.9 Å². The number of aryl methyl sites for hydroxylation is 1. The number of ether oxygens (including phenoxy) is 1. The summed E-state index contributed by atoms with van der Waals surface area (Å²) in [4.78, 5) is 23.6. The summed E-state index contributed by atoms with van der Waals surface area (Å²) in [5.74, 6) is 1.33. The first-order valence-electron chi connectivity index (χ1n) is 9.11. The van der Waals surface area contributed by atoms with E-state index in [1.54, 1.807) is 0 Å². The fraction of sp³-hybridized carbons (Fsp3) is 0.450. The maximum atomic E-state index is 12.6. The van der Waals surface area contributed by atoms with Crippen molar-refractivity contribution < 1.29 is 9.53 Å². The van der Waals surface area contributed by atoms with Crippen LogP contribution in [0.3, 0.4) is 0 Å². The molecule has 2 aromatic rings. The van der Waals surface area contributed by atoms with E-state index >= 15 is 0 Å². The average molecular weight is 389 g/mol. The summed E-state index contributed by atoms with van der Waals surface area (Å²) in [5.41, 5.74) is 2.69. The maximum absolute atomic E-state index is 12.6. The van der Waals surface area contributed by atoms with Crippen molar-refractivity contribution in [1.29, 1.82) is 0 Å². The number of halogens is 1. The summed E-state index contributed by atoms with van der Waals surface area (Å²) < 4.78 is 5.69. The Bertz CT molecular complexity index is 815. The molecule has 1 N–H and O–H groups in total. The topological polar surface area (TPSA) is 67.4 Å². The number of rotatable bonds is 4. The van der Waals surface area contributed by atoms with E-state index < -0.39 is 0 Å². The predicted octanol–water partition coefficient (Wildman–Crippen LogP) is 3.46. The van der Waals surface area contributed by atoms with E-state index in [0.29, 0.717) is 29.8 Å². The van der Waals surface area contributed by atoms with Crippen LogP contribution < -0.4 is 5.32 Å². The summed E-state index contributed by atoms with van der Waals surface area (Å²) in [7, 11) is 0. The summed E-state index contributed by atoms with van der Waals surface area (Å²) in [6.45, 7) is 9.28. The lowest BCUT2D eigenvalue weighted by molar-refractivity contribution is -0.141. The highest BCUT2D eigenvalue weighted by molar-refractivity contribution is 6.30. The molecule has 0 radical (unpaired) electrons. The Morgan fingerprint density at radius 3 is 2.44 bits per heavy atom. The Morgan fingerprint density at radius 1 is 1.19 bits per heavy atom. The van der Waals surface area contributed by atoms with Crippen LogP contribution in [0.15, 0.2) is 24.3 Å². The molecule has 3 rings (SSSR count). The Balaban J connectivity index is 1.74. The molecule has 6 nitrogen and oxygen atoms in total.